The zero-order valence-corrected chi connectivity index (χ0v) is 15.2. The molecule has 0 spiro atoms. The highest BCUT2D eigenvalue weighted by Crippen LogP contribution is 2.39. The first kappa shape index (κ1) is 20.0. The molecule has 0 aliphatic carbocycles. The van der Waals surface area contributed by atoms with E-state index in [1.165, 1.54) is 27.4 Å². The molecule has 0 atom stereocenters. The average molecular weight is 377 g/mol. The summed E-state index contributed by atoms with van der Waals surface area (Å²) < 4.78 is 29.8. The van der Waals surface area contributed by atoms with Gasteiger partial charge >= 0.3 is 5.97 Å². The maximum absolute atomic E-state index is 13.9. The van der Waals surface area contributed by atoms with Crippen LogP contribution in [0.5, 0.6) is 17.2 Å². The lowest BCUT2D eigenvalue weighted by Crippen LogP contribution is -2.26. The van der Waals surface area contributed by atoms with Gasteiger partial charge in [-0.2, -0.15) is 0 Å². The first-order valence-corrected chi connectivity index (χ1v) is 8.01. The molecule has 2 rings (SSSR count). The lowest BCUT2D eigenvalue weighted by atomic mass is 10.1. The second-order valence-corrected chi connectivity index (χ2v) is 5.50. The Morgan fingerprint density at radius 1 is 1.04 bits per heavy atom. The molecule has 8 heteroatoms. The fourth-order valence-electron chi connectivity index (χ4n) is 2.60. The molecule has 2 aromatic carbocycles. The van der Waals surface area contributed by atoms with Gasteiger partial charge in [0.25, 0.3) is 5.91 Å². The Balaban J connectivity index is 2.08. The molecular formula is C19H20FNO6. The van der Waals surface area contributed by atoms with Gasteiger partial charge in [-0.15, -0.1) is 0 Å². The number of ether oxygens (including phenoxy) is 3. The maximum atomic E-state index is 13.9. The Labute approximate surface area is 155 Å². The molecular weight excluding hydrogens is 357 g/mol. The molecule has 0 aliphatic rings. The molecule has 0 bridgehead atoms. The molecule has 2 aromatic rings. The van der Waals surface area contributed by atoms with Crippen LogP contribution in [-0.4, -0.2) is 44.9 Å². The van der Waals surface area contributed by atoms with Gasteiger partial charge in [0.2, 0.25) is 5.75 Å². The number of aromatic carboxylic acids is 1. The fourth-order valence-corrected chi connectivity index (χ4v) is 2.60. The number of rotatable bonds is 8. The van der Waals surface area contributed by atoms with E-state index in [4.69, 9.17) is 19.3 Å². The summed E-state index contributed by atoms with van der Waals surface area (Å²) in [7, 11) is 4.51. The van der Waals surface area contributed by atoms with Crippen LogP contribution in [0, 0.1) is 5.82 Å². The number of halogens is 1. The van der Waals surface area contributed by atoms with E-state index in [0.29, 0.717) is 23.7 Å². The van der Waals surface area contributed by atoms with E-state index in [1.807, 2.05) is 0 Å². The summed E-state index contributed by atoms with van der Waals surface area (Å²) in [4.78, 5) is 23.0. The molecule has 0 saturated heterocycles. The predicted octanol–water partition coefficient (Wildman–Crippen LogP) is 2.52. The molecule has 0 saturated carbocycles. The van der Waals surface area contributed by atoms with Crippen molar-refractivity contribution < 1.29 is 33.3 Å². The number of methoxy groups -OCH3 is 3. The number of carbonyl (C=O) groups is 2. The fraction of sp³-hybridized carbons (Fsp3) is 0.263. The number of amides is 1. The molecule has 2 N–H and O–H groups in total. The predicted molar refractivity (Wildman–Crippen MR) is 95.5 cm³/mol. The van der Waals surface area contributed by atoms with Gasteiger partial charge in [-0.3, -0.25) is 4.79 Å². The highest BCUT2D eigenvalue weighted by molar-refractivity contribution is 5.96. The van der Waals surface area contributed by atoms with Crippen molar-refractivity contribution in [1.82, 2.24) is 5.32 Å². The van der Waals surface area contributed by atoms with Gasteiger partial charge in [-0.05, 0) is 30.7 Å². The number of carboxylic acids is 1. The quantitative estimate of drug-likeness (QED) is 0.734. The summed E-state index contributed by atoms with van der Waals surface area (Å²) in [6, 6.07) is 6.65. The van der Waals surface area contributed by atoms with Gasteiger partial charge in [0.05, 0.1) is 32.5 Å². The third kappa shape index (κ3) is 4.46. The summed E-state index contributed by atoms with van der Waals surface area (Å²) in [6.45, 7) is 0.213. The van der Waals surface area contributed by atoms with Crippen LogP contribution in [-0.2, 0) is 6.42 Å². The van der Waals surface area contributed by atoms with Crippen molar-refractivity contribution in [1.29, 1.82) is 0 Å². The third-order valence-corrected chi connectivity index (χ3v) is 3.93. The molecule has 1 amide bonds. The van der Waals surface area contributed by atoms with E-state index in [1.54, 1.807) is 12.1 Å². The van der Waals surface area contributed by atoms with E-state index >= 15 is 0 Å². The monoisotopic (exact) mass is 377 g/mol. The number of nitrogens with one attached hydrogen (secondary N) is 1. The number of carbonyl (C=O) groups excluding carboxylic acids is 1. The number of benzene rings is 2. The molecule has 0 heterocycles. The van der Waals surface area contributed by atoms with Crippen LogP contribution in [0.15, 0.2) is 30.3 Å². The van der Waals surface area contributed by atoms with E-state index < -0.39 is 17.7 Å². The van der Waals surface area contributed by atoms with Gasteiger partial charge in [0.15, 0.2) is 11.5 Å². The van der Waals surface area contributed by atoms with Crippen molar-refractivity contribution in [2.45, 2.75) is 6.42 Å². The zero-order valence-electron chi connectivity index (χ0n) is 15.2. The molecule has 7 nitrogen and oxygen atoms in total. The largest absolute Gasteiger partial charge is 0.493 e. The van der Waals surface area contributed by atoms with Crippen LogP contribution in [0.3, 0.4) is 0 Å². The smallest absolute Gasteiger partial charge is 0.335 e. The van der Waals surface area contributed by atoms with Gasteiger partial charge in [-0.1, -0.05) is 6.07 Å². The standard InChI is InChI=1S/C19H20FNO6/c1-25-15-7-5-11(16(26-2)17(15)27-3)8-9-21-18(22)13-6-4-12(19(23)24)10-14(13)20/h4-7,10H,8-9H2,1-3H3,(H,21,22)(H,23,24). The summed E-state index contributed by atoms with van der Waals surface area (Å²) in [5.41, 5.74) is 0.329. The zero-order chi connectivity index (χ0) is 20.0. The van der Waals surface area contributed by atoms with Gasteiger partial charge in [-0.25, -0.2) is 9.18 Å². The summed E-state index contributed by atoms with van der Waals surface area (Å²) in [5.74, 6) is -1.34. The first-order valence-electron chi connectivity index (χ1n) is 8.01. The lowest BCUT2D eigenvalue weighted by molar-refractivity contribution is 0.0695. The second-order valence-electron chi connectivity index (χ2n) is 5.50. The number of carboxylic acid groups (broad SMARTS) is 1. The minimum atomic E-state index is -1.26. The summed E-state index contributed by atoms with van der Waals surface area (Å²) in [6.07, 6.45) is 0.407. The molecule has 0 fully saturated rings. The van der Waals surface area contributed by atoms with Crippen LogP contribution in [0.25, 0.3) is 0 Å². The minimum absolute atomic E-state index is 0.213. The third-order valence-electron chi connectivity index (χ3n) is 3.93. The van der Waals surface area contributed by atoms with Crippen molar-refractivity contribution in [3.63, 3.8) is 0 Å². The first-order chi connectivity index (χ1) is 12.9. The van der Waals surface area contributed by atoms with Crippen molar-refractivity contribution in [3.8, 4) is 17.2 Å². The van der Waals surface area contributed by atoms with Gasteiger partial charge < -0.3 is 24.6 Å². The SMILES string of the molecule is COc1ccc(CCNC(=O)c2ccc(C(=O)O)cc2F)c(OC)c1OC. The minimum Gasteiger partial charge on any atom is -0.493 e. The highest BCUT2D eigenvalue weighted by Gasteiger charge is 2.17. The van der Waals surface area contributed by atoms with E-state index in [9.17, 15) is 14.0 Å². The molecule has 0 unspecified atom stereocenters. The van der Waals surface area contributed by atoms with Crippen molar-refractivity contribution in [2.24, 2.45) is 0 Å². The highest BCUT2D eigenvalue weighted by atomic mass is 19.1. The van der Waals surface area contributed by atoms with Gasteiger partial charge in [0.1, 0.15) is 5.82 Å². The molecule has 0 aromatic heterocycles. The second kappa shape index (κ2) is 8.88. The van der Waals surface area contributed by atoms with E-state index in [0.717, 1.165) is 17.7 Å². The lowest BCUT2D eigenvalue weighted by Gasteiger charge is -2.16. The summed E-state index contributed by atoms with van der Waals surface area (Å²) in [5, 5.41) is 11.4. The average Bonchev–Trinajstić information content (AvgIpc) is 2.66. The van der Waals surface area contributed by atoms with E-state index in [-0.39, 0.29) is 17.7 Å². The van der Waals surface area contributed by atoms with E-state index in [2.05, 4.69) is 5.32 Å². The van der Waals surface area contributed by atoms with Crippen molar-refractivity contribution in [3.05, 3.63) is 52.8 Å². The van der Waals surface area contributed by atoms with Gasteiger partial charge in [0, 0.05) is 12.1 Å². The number of hydrogen-bond acceptors (Lipinski definition) is 5. The van der Waals surface area contributed by atoms with Crippen LogP contribution in [0.4, 0.5) is 4.39 Å². The van der Waals surface area contributed by atoms with Crippen molar-refractivity contribution >= 4 is 11.9 Å². The summed E-state index contributed by atoms with van der Waals surface area (Å²) >= 11 is 0. The molecule has 144 valence electrons. The Morgan fingerprint density at radius 2 is 1.74 bits per heavy atom. The molecule has 27 heavy (non-hydrogen) atoms. The molecule has 0 radical (unpaired) electrons. The Hall–Kier alpha value is -3.29. The number of hydrogen-bond donors (Lipinski definition) is 2. The van der Waals surface area contributed by atoms with Crippen LogP contribution in [0.1, 0.15) is 26.3 Å². The molecule has 0 aliphatic heterocycles. The Bertz CT molecular complexity index is 852. The van der Waals surface area contributed by atoms with Crippen LogP contribution in [0.2, 0.25) is 0 Å². The normalized spacial score (nSPS) is 10.2. The topological polar surface area (TPSA) is 94.1 Å². The van der Waals surface area contributed by atoms with Crippen molar-refractivity contribution in [2.75, 3.05) is 27.9 Å². The Morgan fingerprint density at radius 3 is 2.30 bits per heavy atom. The maximum Gasteiger partial charge on any atom is 0.335 e. The Kier molecular flexibility index (Phi) is 6.59. The van der Waals surface area contributed by atoms with Crippen LogP contribution >= 0.6 is 0 Å². The van der Waals surface area contributed by atoms with Crippen LogP contribution < -0.4 is 19.5 Å².